The van der Waals surface area contributed by atoms with Crippen molar-refractivity contribution in [2.24, 2.45) is 0 Å². The first-order chi connectivity index (χ1) is 8.58. The van der Waals surface area contributed by atoms with Crippen molar-refractivity contribution in [1.82, 2.24) is 0 Å². The number of thiophene rings is 1. The summed E-state index contributed by atoms with van der Waals surface area (Å²) in [4.78, 5) is 11.2. The highest BCUT2D eigenvalue weighted by atomic mass is 79.9. The zero-order valence-electron chi connectivity index (χ0n) is 9.11. The van der Waals surface area contributed by atoms with Crippen LogP contribution in [0, 0.1) is 5.82 Å². The highest BCUT2D eigenvalue weighted by Gasteiger charge is 2.11. The third-order valence-electron chi connectivity index (χ3n) is 2.34. The maximum absolute atomic E-state index is 12.9. The van der Waals surface area contributed by atoms with Crippen LogP contribution in [0.1, 0.15) is 15.2 Å². The quantitative estimate of drug-likeness (QED) is 0.892. The van der Waals surface area contributed by atoms with Crippen molar-refractivity contribution in [2.45, 2.75) is 6.54 Å². The Morgan fingerprint density at radius 1 is 1.44 bits per heavy atom. The average Bonchev–Trinajstić information content (AvgIpc) is 2.76. The molecule has 0 spiro atoms. The van der Waals surface area contributed by atoms with Gasteiger partial charge in [0.15, 0.2) is 0 Å². The van der Waals surface area contributed by atoms with Crippen molar-refractivity contribution in [3.63, 3.8) is 0 Å². The van der Waals surface area contributed by atoms with Crippen LogP contribution < -0.4 is 5.32 Å². The molecule has 0 saturated carbocycles. The zero-order chi connectivity index (χ0) is 13.1. The molecule has 0 radical (unpaired) electrons. The Morgan fingerprint density at radius 3 is 2.89 bits per heavy atom. The van der Waals surface area contributed by atoms with Gasteiger partial charge in [0.05, 0.1) is 0 Å². The van der Waals surface area contributed by atoms with Gasteiger partial charge in [-0.05, 0) is 51.1 Å². The summed E-state index contributed by atoms with van der Waals surface area (Å²) >= 11 is 4.43. The number of halogens is 2. The molecule has 1 heterocycles. The number of anilines is 1. The topological polar surface area (TPSA) is 49.3 Å². The predicted octanol–water partition coefficient (Wildman–Crippen LogP) is 3.96. The van der Waals surface area contributed by atoms with E-state index in [0.717, 1.165) is 5.69 Å². The molecule has 94 valence electrons. The SMILES string of the molecule is O=C(O)c1sccc1CNc1ccc(F)cc1Br. The van der Waals surface area contributed by atoms with Crippen molar-refractivity contribution in [3.8, 4) is 0 Å². The van der Waals surface area contributed by atoms with Crippen LogP contribution >= 0.6 is 27.3 Å². The fourth-order valence-electron chi connectivity index (χ4n) is 1.49. The van der Waals surface area contributed by atoms with E-state index in [0.29, 0.717) is 21.5 Å². The van der Waals surface area contributed by atoms with Gasteiger partial charge in [0.25, 0.3) is 0 Å². The number of nitrogens with one attached hydrogen (secondary N) is 1. The normalized spacial score (nSPS) is 10.3. The lowest BCUT2D eigenvalue weighted by Gasteiger charge is -2.08. The van der Waals surface area contributed by atoms with Crippen LogP contribution in [0.3, 0.4) is 0 Å². The summed E-state index contributed by atoms with van der Waals surface area (Å²) in [5.41, 5.74) is 1.43. The fraction of sp³-hybridized carbons (Fsp3) is 0.0833. The highest BCUT2D eigenvalue weighted by molar-refractivity contribution is 9.10. The molecule has 1 aromatic carbocycles. The first-order valence-electron chi connectivity index (χ1n) is 5.06. The molecule has 2 aromatic rings. The lowest BCUT2D eigenvalue weighted by molar-refractivity contribution is 0.0701. The third kappa shape index (κ3) is 2.88. The second-order valence-corrected chi connectivity index (χ2v) is 5.33. The Bertz CT molecular complexity index is 585. The zero-order valence-corrected chi connectivity index (χ0v) is 11.5. The Kier molecular flexibility index (Phi) is 3.98. The number of hydrogen-bond acceptors (Lipinski definition) is 3. The number of aromatic carboxylic acids is 1. The van der Waals surface area contributed by atoms with Crippen LogP contribution in [-0.2, 0) is 6.54 Å². The van der Waals surface area contributed by atoms with Crippen LogP contribution in [0.4, 0.5) is 10.1 Å². The molecule has 2 rings (SSSR count). The summed E-state index contributed by atoms with van der Waals surface area (Å²) in [6.07, 6.45) is 0. The van der Waals surface area contributed by atoms with E-state index in [2.05, 4.69) is 21.2 Å². The summed E-state index contributed by atoms with van der Waals surface area (Å²) in [7, 11) is 0. The van der Waals surface area contributed by atoms with Crippen molar-refractivity contribution < 1.29 is 14.3 Å². The average molecular weight is 330 g/mol. The maximum Gasteiger partial charge on any atom is 0.346 e. The standard InChI is InChI=1S/C12H9BrFNO2S/c13-9-5-8(14)1-2-10(9)15-6-7-3-4-18-11(7)12(16)17/h1-5,15H,6H2,(H,16,17). The van der Waals surface area contributed by atoms with E-state index in [9.17, 15) is 9.18 Å². The molecule has 0 aliphatic heterocycles. The van der Waals surface area contributed by atoms with E-state index in [1.165, 1.54) is 23.5 Å². The molecule has 0 bridgehead atoms. The van der Waals surface area contributed by atoms with Gasteiger partial charge in [-0.15, -0.1) is 11.3 Å². The third-order valence-corrected chi connectivity index (χ3v) is 3.94. The number of carboxylic acid groups (broad SMARTS) is 1. The molecule has 0 atom stereocenters. The summed E-state index contributed by atoms with van der Waals surface area (Å²) in [6.45, 7) is 0.384. The number of benzene rings is 1. The monoisotopic (exact) mass is 329 g/mol. The van der Waals surface area contributed by atoms with Crippen LogP contribution in [-0.4, -0.2) is 11.1 Å². The number of rotatable bonds is 4. The minimum absolute atomic E-state index is 0.320. The molecule has 0 aliphatic rings. The Morgan fingerprint density at radius 2 is 2.22 bits per heavy atom. The molecule has 18 heavy (non-hydrogen) atoms. The van der Waals surface area contributed by atoms with Gasteiger partial charge >= 0.3 is 5.97 Å². The smallest absolute Gasteiger partial charge is 0.346 e. The van der Waals surface area contributed by atoms with Crippen LogP contribution in [0.5, 0.6) is 0 Å². The van der Waals surface area contributed by atoms with E-state index in [1.807, 2.05) is 0 Å². The molecule has 0 amide bonds. The van der Waals surface area contributed by atoms with Gasteiger partial charge in [-0.25, -0.2) is 9.18 Å². The Hall–Kier alpha value is -1.40. The van der Waals surface area contributed by atoms with Crippen molar-refractivity contribution in [3.05, 3.63) is 50.4 Å². The summed E-state index contributed by atoms with van der Waals surface area (Å²) in [5, 5.41) is 13.8. The number of carboxylic acids is 1. The second-order valence-electron chi connectivity index (χ2n) is 3.56. The molecule has 0 fully saturated rings. The first kappa shape index (κ1) is 13.0. The van der Waals surface area contributed by atoms with E-state index < -0.39 is 5.97 Å². The fourth-order valence-corrected chi connectivity index (χ4v) is 2.74. The molecule has 6 heteroatoms. The Balaban J connectivity index is 2.11. The van der Waals surface area contributed by atoms with Crippen molar-refractivity contribution in [2.75, 3.05) is 5.32 Å². The first-order valence-corrected chi connectivity index (χ1v) is 6.74. The van der Waals surface area contributed by atoms with Crippen LogP contribution in [0.15, 0.2) is 34.1 Å². The van der Waals surface area contributed by atoms with Gasteiger partial charge in [0.2, 0.25) is 0 Å². The van der Waals surface area contributed by atoms with Gasteiger partial charge in [0, 0.05) is 16.7 Å². The second kappa shape index (κ2) is 5.49. The molecule has 0 saturated heterocycles. The molecule has 0 aliphatic carbocycles. The van der Waals surface area contributed by atoms with E-state index in [-0.39, 0.29) is 5.82 Å². The van der Waals surface area contributed by atoms with Crippen LogP contribution in [0.25, 0.3) is 0 Å². The minimum atomic E-state index is -0.931. The van der Waals surface area contributed by atoms with Gasteiger partial charge in [0.1, 0.15) is 10.7 Å². The summed E-state index contributed by atoms with van der Waals surface area (Å²) in [6, 6.07) is 6.07. The molecule has 1 aromatic heterocycles. The molecular formula is C12H9BrFNO2S. The van der Waals surface area contributed by atoms with Gasteiger partial charge in [-0.2, -0.15) is 0 Å². The van der Waals surface area contributed by atoms with E-state index >= 15 is 0 Å². The largest absolute Gasteiger partial charge is 0.477 e. The van der Waals surface area contributed by atoms with E-state index in [1.54, 1.807) is 17.5 Å². The number of carbonyl (C=O) groups is 1. The van der Waals surface area contributed by atoms with Gasteiger partial charge in [-0.1, -0.05) is 0 Å². The van der Waals surface area contributed by atoms with Gasteiger partial charge in [-0.3, -0.25) is 0 Å². The van der Waals surface area contributed by atoms with Gasteiger partial charge < -0.3 is 10.4 Å². The summed E-state index contributed by atoms with van der Waals surface area (Å²) < 4.78 is 13.5. The predicted molar refractivity (Wildman–Crippen MR) is 72.7 cm³/mol. The van der Waals surface area contributed by atoms with E-state index in [4.69, 9.17) is 5.11 Å². The van der Waals surface area contributed by atoms with Crippen molar-refractivity contribution in [1.29, 1.82) is 0 Å². The highest BCUT2D eigenvalue weighted by Crippen LogP contribution is 2.25. The molecular weight excluding hydrogens is 321 g/mol. The Labute approximate surface area is 115 Å². The molecule has 2 N–H and O–H groups in total. The lowest BCUT2D eigenvalue weighted by atomic mass is 10.2. The molecule has 3 nitrogen and oxygen atoms in total. The molecule has 0 unspecified atom stereocenters. The minimum Gasteiger partial charge on any atom is -0.477 e. The number of hydrogen-bond donors (Lipinski definition) is 2. The maximum atomic E-state index is 12.9. The lowest BCUT2D eigenvalue weighted by Crippen LogP contribution is -2.04. The van der Waals surface area contributed by atoms with Crippen molar-refractivity contribution >= 4 is 38.9 Å². The summed E-state index contributed by atoms with van der Waals surface area (Å²) in [5.74, 6) is -1.26. The van der Waals surface area contributed by atoms with Crippen LogP contribution in [0.2, 0.25) is 0 Å².